The van der Waals surface area contributed by atoms with Gasteiger partial charge in [-0.05, 0) is 25.1 Å². The number of nitrogens with one attached hydrogen (secondary N) is 2. The van der Waals surface area contributed by atoms with Crippen molar-refractivity contribution in [3.05, 3.63) is 23.9 Å². The summed E-state index contributed by atoms with van der Waals surface area (Å²) < 4.78 is 5.29. The molecule has 110 valence electrons. The molecule has 1 aromatic heterocycles. The van der Waals surface area contributed by atoms with Gasteiger partial charge in [0.2, 0.25) is 0 Å². The number of nitrogens with zero attached hydrogens (tertiary/aromatic N) is 2. The highest BCUT2D eigenvalue weighted by Gasteiger charge is 2.10. The van der Waals surface area contributed by atoms with Crippen molar-refractivity contribution in [1.29, 1.82) is 0 Å². The standard InChI is InChI=1S/C13H21N5O2/c14-17-12-3-2-11(10-16-12)13(19)15-4-1-5-18-6-8-20-9-7-18/h2-3,10H,1,4-9,14H2,(H,15,19)(H,16,17). The lowest BCUT2D eigenvalue weighted by molar-refractivity contribution is 0.0374. The topological polar surface area (TPSA) is 92.5 Å². The molecule has 1 aliphatic rings. The van der Waals surface area contributed by atoms with Crippen molar-refractivity contribution in [3.8, 4) is 0 Å². The van der Waals surface area contributed by atoms with E-state index in [1.807, 2.05) is 0 Å². The minimum atomic E-state index is -0.108. The van der Waals surface area contributed by atoms with Gasteiger partial charge in [0.05, 0.1) is 18.8 Å². The number of nitrogens with two attached hydrogens (primary N) is 1. The number of amides is 1. The molecule has 7 nitrogen and oxygen atoms in total. The van der Waals surface area contributed by atoms with E-state index in [9.17, 15) is 4.79 Å². The van der Waals surface area contributed by atoms with Crippen LogP contribution in [-0.4, -0.2) is 55.2 Å². The molecule has 20 heavy (non-hydrogen) atoms. The molecule has 0 aromatic carbocycles. The van der Waals surface area contributed by atoms with Gasteiger partial charge in [0.15, 0.2) is 0 Å². The van der Waals surface area contributed by atoms with Gasteiger partial charge in [0.25, 0.3) is 5.91 Å². The van der Waals surface area contributed by atoms with Crippen LogP contribution in [0.3, 0.4) is 0 Å². The first-order valence-electron chi connectivity index (χ1n) is 6.80. The average molecular weight is 279 g/mol. The summed E-state index contributed by atoms with van der Waals surface area (Å²) in [4.78, 5) is 18.2. The smallest absolute Gasteiger partial charge is 0.252 e. The van der Waals surface area contributed by atoms with E-state index in [4.69, 9.17) is 10.6 Å². The minimum Gasteiger partial charge on any atom is -0.379 e. The van der Waals surface area contributed by atoms with E-state index in [0.29, 0.717) is 17.9 Å². The summed E-state index contributed by atoms with van der Waals surface area (Å²) in [7, 11) is 0. The second kappa shape index (κ2) is 7.78. The molecule has 2 rings (SSSR count). The molecule has 0 bridgehead atoms. The summed E-state index contributed by atoms with van der Waals surface area (Å²) in [5, 5.41) is 2.89. The van der Waals surface area contributed by atoms with Crippen LogP contribution in [-0.2, 0) is 4.74 Å². The Morgan fingerprint density at radius 3 is 2.85 bits per heavy atom. The lowest BCUT2D eigenvalue weighted by Crippen LogP contribution is -2.38. The first kappa shape index (κ1) is 14.7. The maximum Gasteiger partial charge on any atom is 0.252 e. The lowest BCUT2D eigenvalue weighted by Gasteiger charge is -2.26. The van der Waals surface area contributed by atoms with Gasteiger partial charge in [-0.15, -0.1) is 0 Å². The van der Waals surface area contributed by atoms with Gasteiger partial charge in [-0.1, -0.05) is 0 Å². The minimum absolute atomic E-state index is 0.108. The normalized spacial score (nSPS) is 15.8. The first-order chi connectivity index (χ1) is 9.79. The van der Waals surface area contributed by atoms with Crippen LogP contribution in [0.15, 0.2) is 18.3 Å². The Labute approximate surface area is 118 Å². The van der Waals surface area contributed by atoms with Crippen LogP contribution in [0.4, 0.5) is 5.82 Å². The fourth-order valence-electron chi connectivity index (χ4n) is 2.04. The van der Waals surface area contributed by atoms with Crippen LogP contribution in [0.1, 0.15) is 16.8 Å². The second-order valence-corrected chi connectivity index (χ2v) is 4.64. The number of hydrazine groups is 1. The lowest BCUT2D eigenvalue weighted by atomic mass is 10.2. The molecule has 4 N–H and O–H groups in total. The number of morpholine rings is 1. The molecule has 2 heterocycles. The zero-order valence-corrected chi connectivity index (χ0v) is 11.5. The van der Waals surface area contributed by atoms with Gasteiger partial charge in [0, 0.05) is 25.8 Å². The first-order valence-corrected chi connectivity index (χ1v) is 6.80. The highest BCUT2D eigenvalue weighted by Crippen LogP contribution is 2.03. The SMILES string of the molecule is NNc1ccc(C(=O)NCCCN2CCOCC2)cn1. The Kier molecular flexibility index (Phi) is 5.72. The maximum atomic E-state index is 11.9. The van der Waals surface area contributed by atoms with Crippen molar-refractivity contribution in [2.45, 2.75) is 6.42 Å². The van der Waals surface area contributed by atoms with E-state index in [-0.39, 0.29) is 5.91 Å². The number of pyridine rings is 1. The third-order valence-electron chi connectivity index (χ3n) is 3.21. The van der Waals surface area contributed by atoms with E-state index >= 15 is 0 Å². The fourth-order valence-corrected chi connectivity index (χ4v) is 2.04. The van der Waals surface area contributed by atoms with E-state index in [2.05, 4.69) is 20.6 Å². The van der Waals surface area contributed by atoms with Gasteiger partial charge in [0.1, 0.15) is 5.82 Å². The van der Waals surface area contributed by atoms with E-state index in [0.717, 1.165) is 39.3 Å². The third-order valence-corrected chi connectivity index (χ3v) is 3.21. The Balaban J connectivity index is 1.66. The largest absolute Gasteiger partial charge is 0.379 e. The zero-order chi connectivity index (χ0) is 14.2. The number of anilines is 1. The summed E-state index contributed by atoms with van der Waals surface area (Å²) in [6.07, 6.45) is 2.44. The number of carbonyl (C=O) groups excluding carboxylic acids is 1. The summed E-state index contributed by atoms with van der Waals surface area (Å²) >= 11 is 0. The Morgan fingerprint density at radius 1 is 1.40 bits per heavy atom. The number of hydrogen-bond donors (Lipinski definition) is 3. The van der Waals surface area contributed by atoms with Crippen LogP contribution in [0, 0.1) is 0 Å². The van der Waals surface area contributed by atoms with Crippen LogP contribution >= 0.6 is 0 Å². The maximum absolute atomic E-state index is 11.9. The number of carbonyl (C=O) groups is 1. The molecule has 1 aromatic rings. The number of hydrogen-bond acceptors (Lipinski definition) is 6. The number of nitrogen functional groups attached to an aromatic ring is 1. The van der Waals surface area contributed by atoms with Gasteiger partial charge in [-0.2, -0.15) is 0 Å². The monoisotopic (exact) mass is 279 g/mol. The summed E-state index contributed by atoms with van der Waals surface area (Å²) in [6.45, 7) is 5.21. The molecule has 1 saturated heterocycles. The molecule has 1 aliphatic heterocycles. The van der Waals surface area contributed by atoms with Crippen LogP contribution in [0.2, 0.25) is 0 Å². The number of aromatic nitrogens is 1. The molecule has 1 fully saturated rings. The van der Waals surface area contributed by atoms with Crippen molar-refractivity contribution in [3.63, 3.8) is 0 Å². The quantitative estimate of drug-likeness (QED) is 0.380. The Morgan fingerprint density at radius 2 is 2.20 bits per heavy atom. The molecule has 0 atom stereocenters. The van der Waals surface area contributed by atoms with Crippen LogP contribution < -0.4 is 16.6 Å². The molecular weight excluding hydrogens is 258 g/mol. The molecular formula is C13H21N5O2. The fraction of sp³-hybridized carbons (Fsp3) is 0.538. The molecule has 0 unspecified atom stereocenters. The van der Waals surface area contributed by atoms with Gasteiger partial charge >= 0.3 is 0 Å². The Bertz CT molecular complexity index is 417. The van der Waals surface area contributed by atoms with E-state index in [1.165, 1.54) is 6.20 Å². The molecule has 1 amide bonds. The van der Waals surface area contributed by atoms with Crippen molar-refractivity contribution in [1.82, 2.24) is 15.2 Å². The number of ether oxygens (including phenoxy) is 1. The van der Waals surface area contributed by atoms with Crippen LogP contribution in [0.25, 0.3) is 0 Å². The third kappa shape index (κ3) is 4.44. The van der Waals surface area contributed by atoms with Gasteiger partial charge in [-0.3, -0.25) is 9.69 Å². The zero-order valence-electron chi connectivity index (χ0n) is 11.5. The highest BCUT2D eigenvalue weighted by molar-refractivity contribution is 5.93. The Hall–Kier alpha value is -1.70. The van der Waals surface area contributed by atoms with E-state index in [1.54, 1.807) is 12.1 Å². The van der Waals surface area contributed by atoms with Crippen molar-refractivity contribution in [2.24, 2.45) is 5.84 Å². The van der Waals surface area contributed by atoms with Crippen molar-refractivity contribution >= 4 is 11.7 Å². The molecule has 0 saturated carbocycles. The highest BCUT2D eigenvalue weighted by atomic mass is 16.5. The molecule has 0 aliphatic carbocycles. The average Bonchev–Trinajstić information content (AvgIpc) is 2.52. The summed E-state index contributed by atoms with van der Waals surface area (Å²) in [6, 6.07) is 3.36. The molecule has 0 spiro atoms. The molecule has 7 heteroatoms. The van der Waals surface area contributed by atoms with Crippen molar-refractivity contribution in [2.75, 3.05) is 44.8 Å². The van der Waals surface area contributed by atoms with Gasteiger partial charge < -0.3 is 15.5 Å². The van der Waals surface area contributed by atoms with E-state index < -0.39 is 0 Å². The molecule has 0 radical (unpaired) electrons. The van der Waals surface area contributed by atoms with Gasteiger partial charge in [-0.25, -0.2) is 10.8 Å². The summed E-state index contributed by atoms with van der Waals surface area (Å²) in [5.74, 6) is 5.65. The van der Waals surface area contributed by atoms with Crippen molar-refractivity contribution < 1.29 is 9.53 Å². The summed E-state index contributed by atoms with van der Waals surface area (Å²) in [5.41, 5.74) is 2.96. The predicted molar refractivity (Wildman–Crippen MR) is 76.3 cm³/mol. The van der Waals surface area contributed by atoms with Crippen LogP contribution in [0.5, 0.6) is 0 Å². The predicted octanol–water partition coefficient (Wildman–Crippen LogP) is -0.181. The second-order valence-electron chi connectivity index (χ2n) is 4.64. The number of rotatable bonds is 6.